The Kier molecular flexibility index (Phi) is 3.66. The summed E-state index contributed by atoms with van der Waals surface area (Å²) in [5, 5.41) is 8.82. The Morgan fingerprint density at radius 2 is 1.92 bits per heavy atom. The number of aliphatic hydroxyl groups is 1. The Morgan fingerprint density at radius 1 is 1.33 bits per heavy atom. The summed E-state index contributed by atoms with van der Waals surface area (Å²) in [7, 11) is 0. The van der Waals surface area contributed by atoms with Crippen molar-refractivity contribution in [3.63, 3.8) is 0 Å². The highest BCUT2D eigenvalue weighted by molar-refractivity contribution is 6.27. The van der Waals surface area contributed by atoms with Crippen molar-refractivity contribution >= 4 is 29.1 Å². The number of halogens is 2. The second-order valence-corrected chi connectivity index (χ2v) is 3.23. The highest BCUT2D eigenvalue weighted by Gasteiger charge is 2.06. The summed E-state index contributed by atoms with van der Waals surface area (Å²) < 4.78 is 1.37. The molecule has 1 rings (SSSR count). The molecular formula is C8H9Cl2NO. The molecule has 0 aliphatic carbocycles. The van der Waals surface area contributed by atoms with E-state index in [0.29, 0.717) is 0 Å². The van der Waals surface area contributed by atoms with Crippen molar-refractivity contribution in [2.75, 3.05) is 11.0 Å². The van der Waals surface area contributed by atoms with E-state index in [0.717, 1.165) is 5.69 Å². The van der Waals surface area contributed by atoms with E-state index >= 15 is 0 Å². The first-order valence-electron chi connectivity index (χ1n) is 3.50. The molecular weight excluding hydrogens is 197 g/mol. The van der Waals surface area contributed by atoms with Crippen molar-refractivity contribution in [1.82, 2.24) is 0 Å². The number of alkyl halides is 1. The van der Waals surface area contributed by atoms with E-state index in [4.69, 9.17) is 28.5 Å². The number of benzene rings is 1. The van der Waals surface area contributed by atoms with Crippen LogP contribution in [0.15, 0.2) is 30.3 Å². The van der Waals surface area contributed by atoms with E-state index in [-0.39, 0.29) is 6.54 Å². The minimum atomic E-state index is -0.942. The van der Waals surface area contributed by atoms with Crippen LogP contribution in [0.4, 0.5) is 5.69 Å². The zero-order valence-corrected chi connectivity index (χ0v) is 7.83. The van der Waals surface area contributed by atoms with Gasteiger partial charge in [-0.25, -0.2) is 0 Å². The molecule has 1 aromatic rings. The quantitative estimate of drug-likeness (QED) is 0.605. The zero-order valence-electron chi connectivity index (χ0n) is 6.32. The molecule has 1 N–H and O–H groups in total. The highest BCUT2D eigenvalue weighted by Crippen LogP contribution is 2.16. The van der Waals surface area contributed by atoms with Gasteiger partial charge >= 0.3 is 0 Å². The lowest BCUT2D eigenvalue weighted by atomic mass is 10.3. The van der Waals surface area contributed by atoms with Crippen LogP contribution in [0.5, 0.6) is 0 Å². The molecule has 0 saturated heterocycles. The maximum atomic E-state index is 8.82. The van der Waals surface area contributed by atoms with Crippen LogP contribution >= 0.6 is 23.4 Å². The van der Waals surface area contributed by atoms with Crippen LogP contribution in [0, 0.1) is 0 Å². The van der Waals surface area contributed by atoms with Crippen molar-refractivity contribution in [2.24, 2.45) is 0 Å². The van der Waals surface area contributed by atoms with Crippen LogP contribution in [0.3, 0.4) is 0 Å². The summed E-state index contributed by atoms with van der Waals surface area (Å²) in [6, 6.07) is 9.31. The van der Waals surface area contributed by atoms with Gasteiger partial charge in [-0.1, -0.05) is 29.8 Å². The molecule has 66 valence electrons. The smallest absolute Gasteiger partial charge is 0.146 e. The zero-order chi connectivity index (χ0) is 8.97. The van der Waals surface area contributed by atoms with Gasteiger partial charge in [0.1, 0.15) is 5.56 Å². The topological polar surface area (TPSA) is 23.5 Å². The fraction of sp³-hybridized carbons (Fsp3) is 0.250. The van der Waals surface area contributed by atoms with Crippen molar-refractivity contribution in [1.29, 1.82) is 0 Å². The molecule has 0 spiro atoms. The number of hydrogen-bond donors (Lipinski definition) is 1. The lowest BCUT2D eigenvalue weighted by molar-refractivity contribution is 0.265. The Labute approximate surface area is 81.4 Å². The lowest BCUT2D eigenvalue weighted by Crippen LogP contribution is -2.20. The standard InChI is InChI=1S/C8H9Cl2NO/c9-8(12)6-11(10)7-4-2-1-3-5-7/h1-5,8,12H,6H2. The van der Waals surface area contributed by atoms with Gasteiger partial charge in [0.2, 0.25) is 0 Å². The van der Waals surface area contributed by atoms with Crippen molar-refractivity contribution < 1.29 is 5.11 Å². The maximum absolute atomic E-state index is 8.82. The van der Waals surface area contributed by atoms with E-state index in [1.54, 1.807) is 0 Å². The normalized spacial score (nSPS) is 12.6. The van der Waals surface area contributed by atoms with E-state index in [9.17, 15) is 0 Å². The second-order valence-electron chi connectivity index (χ2n) is 2.31. The number of rotatable bonds is 3. The summed E-state index contributed by atoms with van der Waals surface area (Å²) in [4.78, 5) is 0. The fourth-order valence-corrected chi connectivity index (χ4v) is 1.28. The first-order valence-corrected chi connectivity index (χ1v) is 4.28. The van der Waals surface area contributed by atoms with Crippen molar-refractivity contribution in [3.05, 3.63) is 30.3 Å². The van der Waals surface area contributed by atoms with Gasteiger partial charge < -0.3 is 5.11 Å². The molecule has 4 heteroatoms. The van der Waals surface area contributed by atoms with Gasteiger partial charge in [0, 0.05) is 11.8 Å². The van der Waals surface area contributed by atoms with Crippen LogP contribution in [0.25, 0.3) is 0 Å². The van der Waals surface area contributed by atoms with E-state index in [1.807, 2.05) is 30.3 Å². The van der Waals surface area contributed by atoms with Crippen LogP contribution < -0.4 is 4.42 Å². The predicted octanol–water partition coefficient (Wildman–Crippen LogP) is 2.20. The van der Waals surface area contributed by atoms with Crippen LogP contribution in [0.2, 0.25) is 0 Å². The van der Waals surface area contributed by atoms with Gasteiger partial charge in [-0.05, 0) is 12.1 Å². The summed E-state index contributed by atoms with van der Waals surface area (Å²) in [5.74, 6) is 0. The van der Waals surface area contributed by atoms with E-state index < -0.39 is 5.56 Å². The van der Waals surface area contributed by atoms with E-state index in [2.05, 4.69) is 0 Å². The van der Waals surface area contributed by atoms with Crippen molar-refractivity contribution in [2.45, 2.75) is 5.56 Å². The number of hydrogen-bond acceptors (Lipinski definition) is 2. The lowest BCUT2D eigenvalue weighted by Gasteiger charge is -2.15. The highest BCUT2D eigenvalue weighted by atomic mass is 35.5. The molecule has 0 aliphatic heterocycles. The largest absolute Gasteiger partial charge is 0.376 e. The third-order valence-electron chi connectivity index (χ3n) is 1.35. The molecule has 0 aliphatic rings. The van der Waals surface area contributed by atoms with Gasteiger partial charge in [-0.15, -0.1) is 0 Å². The summed E-state index contributed by atoms with van der Waals surface area (Å²) >= 11 is 11.1. The second kappa shape index (κ2) is 4.55. The average Bonchev–Trinajstić information content (AvgIpc) is 2.05. The third-order valence-corrected chi connectivity index (χ3v) is 1.82. The van der Waals surface area contributed by atoms with Crippen molar-refractivity contribution in [3.8, 4) is 0 Å². The fourth-order valence-electron chi connectivity index (χ4n) is 0.827. The summed E-state index contributed by atoms with van der Waals surface area (Å²) in [6.45, 7) is 0.202. The molecule has 1 atom stereocenters. The number of nitrogens with zero attached hydrogens (tertiary/aromatic N) is 1. The molecule has 0 radical (unpaired) electrons. The summed E-state index contributed by atoms with van der Waals surface area (Å²) in [6.07, 6.45) is 0. The summed E-state index contributed by atoms with van der Waals surface area (Å²) in [5.41, 5.74) is -0.124. The molecule has 0 amide bonds. The number of aliphatic hydroxyl groups excluding tert-OH is 1. The predicted molar refractivity (Wildman–Crippen MR) is 51.5 cm³/mol. The molecule has 0 fully saturated rings. The van der Waals surface area contributed by atoms with Gasteiger partial charge in [0.25, 0.3) is 0 Å². The molecule has 12 heavy (non-hydrogen) atoms. The van der Waals surface area contributed by atoms with E-state index in [1.165, 1.54) is 4.42 Å². The number of anilines is 1. The van der Waals surface area contributed by atoms with Crippen LogP contribution in [-0.4, -0.2) is 17.2 Å². The van der Waals surface area contributed by atoms with Gasteiger partial charge in [-0.3, -0.25) is 4.42 Å². The first-order chi connectivity index (χ1) is 5.70. The molecule has 0 saturated carbocycles. The third kappa shape index (κ3) is 2.89. The molecule has 1 unspecified atom stereocenters. The van der Waals surface area contributed by atoms with Gasteiger partial charge in [-0.2, -0.15) is 0 Å². The molecule has 2 nitrogen and oxygen atoms in total. The van der Waals surface area contributed by atoms with Gasteiger partial charge in [0.05, 0.1) is 12.2 Å². The monoisotopic (exact) mass is 205 g/mol. The Hall–Kier alpha value is -0.440. The average molecular weight is 206 g/mol. The maximum Gasteiger partial charge on any atom is 0.146 e. The van der Waals surface area contributed by atoms with Gasteiger partial charge in [0.15, 0.2) is 0 Å². The first kappa shape index (κ1) is 9.65. The molecule has 0 heterocycles. The minimum Gasteiger partial charge on any atom is -0.376 e. The van der Waals surface area contributed by atoms with Crippen LogP contribution in [-0.2, 0) is 0 Å². The Bertz CT molecular complexity index is 228. The van der Waals surface area contributed by atoms with Crippen LogP contribution in [0.1, 0.15) is 0 Å². The molecule has 1 aromatic carbocycles. The molecule has 0 bridgehead atoms. The molecule has 0 aromatic heterocycles. The minimum absolute atomic E-state index is 0.202. The Morgan fingerprint density at radius 3 is 2.42 bits per heavy atom. The SMILES string of the molecule is OC(Cl)CN(Cl)c1ccccc1. The Balaban J connectivity index is 2.59. The number of para-hydroxylation sites is 1.